The Kier molecular flexibility index (Phi) is 6.58. The van der Waals surface area contributed by atoms with Crippen LogP contribution in [0.25, 0.3) is 17.0 Å². The highest BCUT2D eigenvalue weighted by molar-refractivity contribution is 6.19. The fourth-order valence-corrected chi connectivity index (χ4v) is 3.23. The first-order valence-electron chi connectivity index (χ1n) is 9.33. The van der Waals surface area contributed by atoms with Crippen molar-refractivity contribution in [2.75, 3.05) is 35.5 Å². The molecule has 2 aromatic carbocycles. The lowest BCUT2D eigenvalue weighted by Gasteiger charge is -2.13. The number of phenolic OH excluding ortho intramolecular Hbond substituents is 1. The Bertz CT molecular complexity index is 1180. The summed E-state index contributed by atoms with van der Waals surface area (Å²) in [5, 5.41) is 10.8. The van der Waals surface area contributed by atoms with Crippen LogP contribution in [0.2, 0.25) is 0 Å². The van der Waals surface area contributed by atoms with Gasteiger partial charge in [0, 0.05) is 17.0 Å². The monoisotopic (exact) mass is 442 g/mol. The van der Waals surface area contributed by atoms with Crippen LogP contribution in [0.1, 0.15) is 21.7 Å². The van der Waals surface area contributed by atoms with Crippen molar-refractivity contribution in [3.05, 3.63) is 47.2 Å². The molecule has 0 fully saturated rings. The number of hydrogen-bond acceptors (Lipinski definition) is 9. The van der Waals surface area contributed by atoms with E-state index in [-0.39, 0.29) is 34.0 Å². The second-order valence-corrected chi connectivity index (χ2v) is 6.43. The number of carbonyl (C=O) groups excluding carboxylic acids is 2. The summed E-state index contributed by atoms with van der Waals surface area (Å²) in [6.07, 6.45) is 2.40. The Morgan fingerprint density at radius 3 is 2.06 bits per heavy atom. The van der Waals surface area contributed by atoms with Crippen LogP contribution in [0, 0.1) is 0 Å². The van der Waals surface area contributed by atoms with Crippen LogP contribution in [-0.2, 0) is 9.53 Å². The first-order chi connectivity index (χ1) is 15.4. The highest BCUT2D eigenvalue weighted by Crippen LogP contribution is 2.42. The molecule has 1 heterocycles. The van der Waals surface area contributed by atoms with E-state index in [1.165, 1.54) is 59.8 Å². The third-order valence-electron chi connectivity index (χ3n) is 4.77. The number of carbonyl (C=O) groups is 2. The van der Waals surface area contributed by atoms with Gasteiger partial charge < -0.3 is 33.2 Å². The molecular formula is C23H22O9. The number of rotatable bonds is 8. The SMILES string of the molecule is COC(=O)C=Cc1oc2c(O)c(OC)ccc2c1C(=O)c1cc(OC)c(OC)c(OC)c1. The van der Waals surface area contributed by atoms with E-state index in [2.05, 4.69) is 4.74 Å². The zero-order valence-electron chi connectivity index (χ0n) is 18.2. The first-order valence-corrected chi connectivity index (χ1v) is 9.33. The number of furan rings is 1. The Morgan fingerprint density at radius 1 is 0.906 bits per heavy atom. The lowest BCUT2D eigenvalue weighted by Crippen LogP contribution is -2.05. The summed E-state index contributed by atoms with van der Waals surface area (Å²) in [5.41, 5.74) is 0.363. The van der Waals surface area contributed by atoms with E-state index in [0.29, 0.717) is 22.6 Å². The van der Waals surface area contributed by atoms with Gasteiger partial charge in [0.2, 0.25) is 11.5 Å². The third-order valence-corrected chi connectivity index (χ3v) is 4.77. The Balaban J connectivity index is 2.26. The molecule has 0 bridgehead atoms. The van der Waals surface area contributed by atoms with Crippen LogP contribution >= 0.6 is 0 Å². The van der Waals surface area contributed by atoms with E-state index in [9.17, 15) is 14.7 Å². The minimum absolute atomic E-state index is 0.0321. The summed E-state index contributed by atoms with van der Waals surface area (Å²) < 4.78 is 31.4. The molecule has 9 heteroatoms. The van der Waals surface area contributed by atoms with Crippen molar-refractivity contribution in [3.8, 4) is 28.7 Å². The summed E-state index contributed by atoms with van der Waals surface area (Å²) in [6, 6.07) is 6.09. The number of phenols is 1. The van der Waals surface area contributed by atoms with Gasteiger partial charge in [0.1, 0.15) is 5.76 Å². The number of ether oxygens (including phenoxy) is 5. The van der Waals surface area contributed by atoms with Crippen molar-refractivity contribution >= 4 is 28.8 Å². The maximum Gasteiger partial charge on any atom is 0.330 e. The molecule has 9 nitrogen and oxygen atoms in total. The quantitative estimate of drug-likeness (QED) is 0.318. The predicted octanol–water partition coefficient (Wildman–Crippen LogP) is 3.59. The van der Waals surface area contributed by atoms with Gasteiger partial charge in [0.25, 0.3) is 0 Å². The van der Waals surface area contributed by atoms with Crippen LogP contribution in [0.3, 0.4) is 0 Å². The maximum atomic E-state index is 13.6. The Labute approximate surface area is 183 Å². The number of benzene rings is 2. The van der Waals surface area contributed by atoms with Crippen LogP contribution in [0.15, 0.2) is 34.8 Å². The summed E-state index contributed by atoms with van der Waals surface area (Å²) in [5.74, 6) is -0.249. The average Bonchev–Trinajstić information content (AvgIpc) is 3.20. The van der Waals surface area contributed by atoms with E-state index >= 15 is 0 Å². The van der Waals surface area contributed by atoms with Gasteiger partial charge in [-0.05, 0) is 30.3 Å². The maximum absolute atomic E-state index is 13.6. The molecule has 0 aliphatic rings. The summed E-state index contributed by atoms with van der Waals surface area (Å²) in [4.78, 5) is 25.2. The molecule has 0 aliphatic carbocycles. The van der Waals surface area contributed by atoms with Crippen LogP contribution < -0.4 is 18.9 Å². The number of aromatic hydroxyl groups is 1. The van der Waals surface area contributed by atoms with Gasteiger partial charge in [0.15, 0.2) is 28.6 Å². The van der Waals surface area contributed by atoms with Crippen molar-refractivity contribution < 1.29 is 42.8 Å². The number of esters is 1. The van der Waals surface area contributed by atoms with Gasteiger partial charge >= 0.3 is 5.97 Å². The topological polar surface area (TPSA) is 114 Å². The molecule has 0 amide bonds. The highest BCUT2D eigenvalue weighted by atomic mass is 16.5. The van der Waals surface area contributed by atoms with Crippen LogP contribution in [-0.4, -0.2) is 52.4 Å². The largest absolute Gasteiger partial charge is 0.502 e. The molecule has 0 spiro atoms. The second kappa shape index (κ2) is 9.34. The number of methoxy groups -OCH3 is 5. The van der Waals surface area contributed by atoms with E-state index in [4.69, 9.17) is 23.4 Å². The van der Waals surface area contributed by atoms with E-state index in [0.717, 1.165) is 6.08 Å². The third kappa shape index (κ3) is 3.92. The normalized spacial score (nSPS) is 10.9. The molecule has 0 unspecified atom stereocenters. The van der Waals surface area contributed by atoms with Crippen molar-refractivity contribution in [3.63, 3.8) is 0 Å². The van der Waals surface area contributed by atoms with Gasteiger partial charge in [-0.3, -0.25) is 4.79 Å². The van der Waals surface area contributed by atoms with E-state index in [1.807, 2.05) is 0 Å². The summed E-state index contributed by atoms with van der Waals surface area (Å²) in [7, 11) is 6.95. The number of hydrogen-bond donors (Lipinski definition) is 1. The van der Waals surface area contributed by atoms with Crippen molar-refractivity contribution in [1.29, 1.82) is 0 Å². The molecule has 1 aromatic heterocycles. The molecule has 3 aromatic rings. The Morgan fingerprint density at radius 2 is 1.53 bits per heavy atom. The second-order valence-electron chi connectivity index (χ2n) is 6.43. The molecular weight excluding hydrogens is 420 g/mol. The molecule has 0 aliphatic heterocycles. The fraction of sp³-hybridized carbons (Fsp3) is 0.217. The summed E-state index contributed by atoms with van der Waals surface area (Å²) >= 11 is 0. The molecule has 168 valence electrons. The molecule has 3 rings (SSSR count). The minimum Gasteiger partial charge on any atom is -0.502 e. The van der Waals surface area contributed by atoms with Gasteiger partial charge in [0.05, 0.1) is 41.1 Å². The number of ketones is 1. The van der Waals surface area contributed by atoms with Crippen LogP contribution in [0.4, 0.5) is 0 Å². The smallest absolute Gasteiger partial charge is 0.330 e. The molecule has 0 saturated heterocycles. The zero-order valence-corrected chi connectivity index (χ0v) is 18.2. The standard InChI is InChI=1S/C23H22O9/c1-27-15-7-6-13-19(14(8-9-18(24)30-4)32-22(13)21(15)26)20(25)12-10-16(28-2)23(31-5)17(11-12)29-3/h6-11,26H,1-5H3. The van der Waals surface area contributed by atoms with Crippen molar-refractivity contribution in [2.45, 2.75) is 0 Å². The molecule has 1 N–H and O–H groups in total. The zero-order chi connectivity index (χ0) is 23.4. The lowest BCUT2D eigenvalue weighted by molar-refractivity contribution is -0.134. The minimum atomic E-state index is -0.640. The molecule has 0 radical (unpaired) electrons. The van der Waals surface area contributed by atoms with Gasteiger partial charge in [-0.2, -0.15) is 0 Å². The Hall–Kier alpha value is -4.14. The fourth-order valence-electron chi connectivity index (χ4n) is 3.23. The van der Waals surface area contributed by atoms with Crippen molar-refractivity contribution in [1.82, 2.24) is 0 Å². The molecule has 32 heavy (non-hydrogen) atoms. The first kappa shape index (κ1) is 22.5. The average molecular weight is 442 g/mol. The van der Waals surface area contributed by atoms with Gasteiger partial charge in [-0.15, -0.1) is 0 Å². The van der Waals surface area contributed by atoms with E-state index in [1.54, 1.807) is 6.07 Å². The van der Waals surface area contributed by atoms with E-state index < -0.39 is 11.8 Å². The summed E-state index contributed by atoms with van der Waals surface area (Å²) in [6.45, 7) is 0. The molecule has 0 saturated carbocycles. The predicted molar refractivity (Wildman–Crippen MR) is 115 cm³/mol. The lowest BCUT2D eigenvalue weighted by atomic mass is 9.98. The van der Waals surface area contributed by atoms with Gasteiger partial charge in [-0.25, -0.2) is 4.79 Å². The number of fused-ring (bicyclic) bond motifs is 1. The van der Waals surface area contributed by atoms with Crippen LogP contribution in [0.5, 0.6) is 28.7 Å². The highest BCUT2D eigenvalue weighted by Gasteiger charge is 2.26. The molecule has 0 atom stereocenters. The van der Waals surface area contributed by atoms with Crippen molar-refractivity contribution in [2.24, 2.45) is 0 Å². The van der Waals surface area contributed by atoms with Gasteiger partial charge in [-0.1, -0.05) is 0 Å².